The number of alkyl carbamates (subject to hydrolysis) is 2. The molecule has 12 nitrogen and oxygen atoms in total. The normalized spacial score (nSPS) is 12.9. The molecule has 0 bridgehead atoms. The molecule has 1 aliphatic heterocycles. The van der Waals surface area contributed by atoms with Crippen molar-refractivity contribution >= 4 is 29.7 Å². The number of methoxy groups -OCH3 is 1. The average molecular weight is 735 g/mol. The van der Waals surface area contributed by atoms with Gasteiger partial charge in [0.1, 0.15) is 6.04 Å². The van der Waals surface area contributed by atoms with Crippen molar-refractivity contribution in [2.24, 2.45) is 5.92 Å². The highest BCUT2D eigenvalue weighted by molar-refractivity contribution is 5.95. The van der Waals surface area contributed by atoms with Crippen molar-refractivity contribution in [3.8, 4) is 11.8 Å². The van der Waals surface area contributed by atoms with Crippen molar-refractivity contribution < 1.29 is 38.1 Å². The molecule has 0 aromatic heterocycles. The van der Waals surface area contributed by atoms with Gasteiger partial charge in [0.2, 0.25) is 11.8 Å². The number of amides is 4. The Bertz CT molecular complexity index is 1580. The molecule has 0 spiro atoms. The summed E-state index contributed by atoms with van der Waals surface area (Å²) in [6.07, 6.45) is 1.38. The second kappa shape index (κ2) is 21.2. The van der Waals surface area contributed by atoms with Crippen LogP contribution < -0.4 is 20.9 Å². The van der Waals surface area contributed by atoms with Gasteiger partial charge in [-0.25, -0.2) is 9.59 Å². The second-order valence-electron chi connectivity index (χ2n) is 14.8. The number of carbonyl (C=O) groups is 4. The number of benzene rings is 2. The van der Waals surface area contributed by atoms with Crippen LogP contribution in [0.25, 0.3) is 0 Å². The van der Waals surface area contributed by atoms with Crippen molar-refractivity contribution in [3.05, 3.63) is 65.2 Å². The van der Waals surface area contributed by atoms with Gasteiger partial charge in [-0.1, -0.05) is 56.0 Å². The molecule has 0 saturated heterocycles. The Morgan fingerprint density at radius 2 is 1.49 bits per heavy atom. The van der Waals surface area contributed by atoms with Crippen molar-refractivity contribution in [1.82, 2.24) is 16.0 Å². The summed E-state index contributed by atoms with van der Waals surface area (Å²) in [5.74, 6) is 6.22. The smallest absolute Gasteiger partial charge is 0.407 e. The topological polar surface area (TPSA) is 145 Å². The number of hydrogen-bond donors (Lipinski definition) is 3. The van der Waals surface area contributed by atoms with E-state index in [0.29, 0.717) is 57.2 Å². The minimum atomic E-state index is -0.924. The predicted octanol–water partition coefficient (Wildman–Crippen LogP) is 6.09. The molecule has 1 aliphatic rings. The maximum atomic E-state index is 13.7. The van der Waals surface area contributed by atoms with E-state index in [0.717, 1.165) is 23.1 Å². The Hall–Kier alpha value is -4.60. The molecule has 1 atom stereocenters. The van der Waals surface area contributed by atoms with Crippen LogP contribution in [0.3, 0.4) is 0 Å². The molecule has 2 aromatic carbocycles. The first kappa shape index (κ1) is 42.8. The van der Waals surface area contributed by atoms with Crippen molar-refractivity contribution in [2.75, 3.05) is 44.9 Å². The van der Waals surface area contributed by atoms with Crippen molar-refractivity contribution in [1.29, 1.82) is 0 Å². The number of ether oxygens (including phenoxy) is 4. The van der Waals surface area contributed by atoms with Crippen LogP contribution in [-0.4, -0.2) is 81.3 Å². The number of nitrogens with zero attached hydrogens (tertiary/aromatic N) is 1. The zero-order valence-electron chi connectivity index (χ0n) is 32.5. The first-order valence-electron chi connectivity index (χ1n) is 18.5. The SMILES string of the molecule is COC(C)(C)COC(C)(C)CCOC(=O)NC(CCCCNC(=O)OCCC(C)C)C(=O)NCCC(=O)N1Cc2ccccc2C#Cc2ccccc21. The summed E-state index contributed by atoms with van der Waals surface area (Å²) in [4.78, 5) is 53.7. The zero-order valence-corrected chi connectivity index (χ0v) is 32.5. The van der Waals surface area contributed by atoms with Crippen LogP contribution in [0.2, 0.25) is 0 Å². The Kier molecular flexibility index (Phi) is 17.1. The molecule has 0 aliphatic carbocycles. The Labute approximate surface area is 315 Å². The summed E-state index contributed by atoms with van der Waals surface area (Å²) in [5.41, 5.74) is 2.21. The van der Waals surface area contributed by atoms with Gasteiger partial charge in [0.15, 0.2) is 0 Å². The molecular weight excluding hydrogens is 676 g/mol. The summed E-state index contributed by atoms with van der Waals surface area (Å²) in [7, 11) is 1.62. The maximum absolute atomic E-state index is 13.7. The number of rotatable bonds is 20. The fourth-order valence-corrected chi connectivity index (χ4v) is 5.20. The summed E-state index contributed by atoms with van der Waals surface area (Å²) >= 11 is 0. The highest BCUT2D eigenvalue weighted by Crippen LogP contribution is 2.26. The second-order valence-corrected chi connectivity index (χ2v) is 14.8. The van der Waals surface area contributed by atoms with E-state index in [1.807, 2.05) is 76.2 Å². The molecule has 3 N–H and O–H groups in total. The molecular formula is C41H58N4O8. The van der Waals surface area contributed by atoms with Crippen LogP contribution in [0.4, 0.5) is 15.3 Å². The summed E-state index contributed by atoms with van der Waals surface area (Å²) in [5, 5.41) is 8.24. The molecule has 12 heteroatoms. The molecule has 0 fully saturated rings. The Morgan fingerprint density at radius 3 is 2.23 bits per heavy atom. The van der Waals surface area contributed by atoms with Crippen LogP contribution in [0.5, 0.6) is 0 Å². The molecule has 1 unspecified atom stereocenters. The minimum Gasteiger partial charge on any atom is -0.450 e. The van der Waals surface area contributed by atoms with Crippen LogP contribution >= 0.6 is 0 Å². The molecule has 53 heavy (non-hydrogen) atoms. The molecule has 290 valence electrons. The van der Waals surface area contributed by atoms with E-state index in [4.69, 9.17) is 18.9 Å². The molecule has 1 heterocycles. The molecule has 2 aromatic rings. The highest BCUT2D eigenvalue weighted by Gasteiger charge is 2.27. The van der Waals surface area contributed by atoms with Gasteiger partial charge in [-0.3, -0.25) is 9.59 Å². The fourth-order valence-electron chi connectivity index (χ4n) is 5.20. The first-order chi connectivity index (χ1) is 25.2. The largest absolute Gasteiger partial charge is 0.450 e. The van der Waals surface area contributed by atoms with Gasteiger partial charge in [-0.15, -0.1) is 0 Å². The van der Waals surface area contributed by atoms with E-state index < -0.39 is 35.3 Å². The quantitative estimate of drug-likeness (QED) is 0.110. The summed E-state index contributed by atoms with van der Waals surface area (Å²) in [6.45, 7) is 13.3. The van der Waals surface area contributed by atoms with Gasteiger partial charge >= 0.3 is 12.2 Å². The summed E-state index contributed by atoms with van der Waals surface area (Å²) in [6, 6.07) is 14.3. The minimum absolute atomic E-state index is 0.0324. The van der Waals surface area contributed by atoms with Crippen LogP contribution in [-0.2, 0) is 35.1 Å². The van der Waals surface area contributed by atoms with Crippen LogP contribution in [0.1, 0.15) is 96.8 Å². The van der Waals surface area contributed by atoms with Gasteiger partial charge in [0.05, 0.1) is 43.3 Å². The Morgan fingerprint density at radius 1 is 0.811 bits per heavy atom. The lowest BCUT2D eigenvalue weighted by Gasteiger charge is -2.31. The highest BCUT2D eigenvalue weighted by atomic mass is 16.6. The van der Waals surface area contributed by atoms with E-state index in [-0.39, 0.29) is 31.9 Å². The van der Waals surface area contributed by atoms with E-state index in [9.17, 15) is 19.2 Å². The average Bonchev–Trinajstić information content (AvgIpc) is 3.11. The monoisotopic (exact) mass is 734 g/mol. The molecule has 3 rings (SSSR count). The number of fused-ring (bicyclic) bond motifs is 2. The first-order valence-corrected chi connectivity index (χ1v) is 18.5. The number of nitrogens with one attached hydrogen (secondary N) is 3. The number of para-hydroxylation sites is 1. The zero-order chi connectivity index (χ0) is 38.9. The third kappa shape index (κ3) is 15.5. The molecule has 0 saturated carbocycles. The van der Waals surface area contributed by atoms with Gasteiger partial charge < -0.3 is 39.8 Å². The van der Waals surface area contributed by atoms with E-state index >= 15 is 0 Å². The van der Waals surface area contributed by atoms with Gasteiger partial charge in [-0.05, 0) is 83.1 Å². The third-order valence-corrected chi connectivity index (χ3v) is 8.84. The fraction of sp³-hybridized carbons (Fsp3) is 0.561. The third-order valence-electron chi connectivity index (χ3n) is 8.84. The maximum Gasteiger partial charge on any atom is 0.407 e. The molecule has 4 amide bonds. The lowest BCUT2D eigenvalue weighted by Crippen LogP contribution is -2.48. The van der Waals surface area contributed by atoms with Gasteiger partial charge in [-0.2, -0.15) is 0 Å². The van der Waals surface area contributed by atoms with E-state index in [1.54, 1.807) is 12.0 Å². The van der Waals surface area contributed by atoms with Crippen molar-refractivity contribution in [3.63, 3.8) is 0 Å². The number of hydrogen-bond acceptors (Lipinski definition) is 8. The number of unbranched alkanes of at least 4 members (excludes halogenated alkanes) is 1. The van der Waals surface area contributed by atoms with Gasteiger partial charge in [0.25, 0.3) is 0 Å². The number of anilines is 1. The van der Waals surface area contributed by atoms with Crippen LogP contribution in [0.15, 0.2) is 48.5 Å². The van der Waals surface area contributed by atoms with Crippen LogP contribution in [0, 0.1) is 17.8 Å². The Balaban J connectivity index is 1.57. The van der Waals surface area contributed by atoms with E-state index in [2.05, 4.69) is 41.6 Å². The van der Waals surface area contributed by atoms with Gasteiger partial charge in [0, 0.05) is 44.2 Å². The standard InChI is InChI=1S/C41H58N4O8/c1-30(2)22-26-51-38(48)43-24-13-12-17-34(44-39(49)52-27-23-40(3,4)53-29-41(5,6)50-7)37(47)42-25-21-36(46)45-28-33-16-9-8-14-31(33)19-20-32-15-10-11-18-35(32)45/h8-11,14-16,18,30,34H,12-13,17,21-29H2,1-7H3,(H,42,47)(H,43,48)(H,44,49). The molecule has 0 radical (unpaired) electrons. The predicted molar refractivity (Wildman–Crippen MR) is 204 cm³/mol. The van der Waals surface area contributed by atoms with E-state index in [1.165, 1.54) is 0 Å². The lowest BCUT2D eigenvalue weighted by atomic mass is 10.0. The number of carbonyl (C=O) groups excluding carboxylic acids is 4. The van der Waals surface area contributed by atoms with Crippen molar-refractivity contribution in [2.45, 2.75) is 104 Å². The lowest BCUT2D eigenvalue weighted by molar-refractivity contribution is -0.123. The summed E-state index contributed by atoms with van der Waals surface area (Å²) < 4.78 is 22.0.